The first-order valence-corrected chi connectivity index (χ1v) is 3.10. The molecule has 0 aliphatic heterocycles. The van der Waals surface area contributed by atoms with Crippen molar-refractivity contribution in [2.24, 2.45) is 0 Å². The Morgan fingerprint density at radius 2 is 1.00 bits per heavy atom. The van der Waals surface area contributed by atoms with E-state index in [4.69, 9.17) is 20.4 Å². The fraction of sp³-hybridized carbons (Fsp3) is 0.667. The Balaban J connectivity index is -0.000000143. The van der Waals surface area contributed by atoms with Crippen LogP contribution in [0.5, 0.6) is 0 Å². The Morgan fingerprint density at radius 1 is 0.923 bits per heavy atom. The zero-order valence-electron chi connectivity index (χ0n) is 7.08. The van der Waals surface area contributed by atoms with Crippen molar-refractivity contribution in [2.45, 2.75) is 26.1 Å². The minimum Gasteiger partial charge on any atom is -0.479 e. The number of hydrogen-bond donors (Lipinski definition) is 4. The normalized spacial score (nSPS) is 12.6. The van der Waals surface area contributed by atoms with Gasteiger partial charge in [-0.05, 0) is 13.8 Å². The molecule has 0 aromatic carbocycles. The van der Waals surface area contributed by atoms with E-state index < -0.39 is 24.1 Å². The van der Waals surface area contributed by atoms with Crippen LogP contribution in [0.3, 0.4) is 0 Å². The molecule has 82 valence electrons. The van der Waals surface area contributed by atoms with Crippen molar-refractivity contribution in [3.8, 4) is 0 Å². The summed E-state index contributed by atoms with van der Waals surface area (Å²) >= 11 is 0. The number of carboxylic acid groups (broad SMARTS) is 2. The fourth-order valence-corrected chi connectivity index (χ4v) is 0. The van der Waals surface area contributed by atoms with Crippen molar-refractivity contribution in [1.82, 2.24) is 0 Å². The second-order valence-corrected chi connectivity index (χ2v) is 2.03. The molecule has 0 aromatic heterocycles. The van der Waals surface area contributed by atoms with E-state index in [1.54, 1.807) is 0 Å². The van der Waals surface area contributed by atoms with Gasteiger partial charge in [0, 0.05) is 21.1 Å². The van der Waals surface area contributed by atoms with Crippen molar-refractivity contribution in [3.63, 3.8) is 0 Å². The number of aliphatic carboxylic acids is 2. The summed E-state index contributed by atoms with van der Waals surface area (Å²) in [5.41, 5.74) is 0. The van der Waals surface area contributed by atoms with E-state index in [0.29, 0.717) is 0 Å². The van der Waals surface area contributed by atoms with Crippen LogP contribution in [0.4, 0.5) is 0 Å². The summed E-state index contributed by atoms with van der Waals surface area (Å²) in [6.07, 6.45) is -2.46. The van der Waals surface area contributed by atoms with Gasteiger partial charge in [0.1, 0.15) is 12.2 Å². The van der Waals surface area contributed by atoms with Crippen LogP contribution in [0, 0.1) is 0 Å². The van der Waals surface area contributed by atoms with Gasteiger partial charge in [-0.15, -0.1) is 0 Å². The average Bonchev–Trinajstić information content (AvgIpc) is 1.88. The minimum absolute atomic E-state index is 0. The summed E-state index contributed by atoms with van der Waals surface area (Å²) in [6.45, 7) is 2.39. The molecule has 0 radical (unpaired) electrons. The molecule has 0 bridgehead atoms. The van der Waals surface area contributed by atoms with Crippen LogP contribution in [0.15, 0.2) is 0 Å². The van der Waals surface area contributed by atoms with E-state index in [-0.39, 0.29) is 21.1 Å². The maximum absolute atomic E-state index is 9.45. The van der Waals surface area contributed by atoms with Crippen LogP contribution in [-0.2, 0) is 30.7 Å². The molecule has 0 fully saturated rings. The van der Waals surface area contributed by atoms with Crippen molar-refractivity contribution in [3.05, 3.63) is 0 Å². The number of rotatable bonds is 2. The molecule has 0 aromatic rings. The molecule has 0 spiro atoms. The predicted octanol–water partition coefficient (Wildman–Crippen LogP) is -1.10. The molecule has 2 atom stereocenters. The molecule has 0 amide bonds. The number of hydrogen-bond acceptors (Lipinski definition) is 4. The summed E-state index contributed by atoms with van der Waals surface area (Å²) in [5, 5.41) is 31.5. The van der Waals surface area contributed by atoms with Gasteiger partial charge in [-0.1, -0.05) is 0 Å². The van der Waals surface area contributed by atoms with E-state index in [0.717, 1.165) is 0 Å². The number of aliphatic hydroxyl groups is 2. The third-order valence-corrected chi connectivity index (χ3v) is 0.715. The monoisotopic (exact) mass is 375 g/mol. The summed E-state index contributed by atoms with van der Waals surface area (Å²) in [4.78, 5) is 18.9. The number of carboxylic acids is 2. The molecule has 4 N–H and O–H groups in total. The van der Waals surface area contributed by atoms with Gasteiger partial charge >= 0.3 is 11.9 Å². The van der Waals surface area contributed by atoms with Crippen molar-refractivity contribution >= 4 is 11.9 Å². The Labute approximate surface area is 89.5 Å². The van der Waals surface area contributed by atoms with Gasteiger partial charge < -0.3 is 20.4 Å². The van der Waals surface area contributed by atoms with E-state index in [1.807, 2.05) is 0 Å². The molecule has 2 unspecified atom stereocenters. The van der Waals surface area contributed by atoms with Gasteiger partial charge in [-0.3, -0.25) is 0 Å². The van der Waals surface area contributed by atoms with Crippen LogP contribution in [0.25, 0.3) is 0 Å². The Hall–Kier alpha value is -0.452. The molecular formula is C6H12O6Pt. The van der Waals surface area contributed by atoms with Gasteiger partial charge in [0.25, 0.3) is 0 Å². The molecule has 0 saturated carbocycles. The second-order valence-electron chi connectivity index (χ2n) is 2.03. The Kier molecular flexibility index (Phi) is 13.6. The van der Waals surface area contributed by atoms with Gasteiger partial charge in [-0.25, -0.2) is 9.59 Å². The SMILES string of the molecule is CC(O)C(=O)O.CC(O)C(=O)O.[Pt]. The first-order valence-electron chi connectivity index (χ1n) is 3.10. The summed E-state index contributed by atoms with van der Waals surface area (Å²) in [7, 11) is 0. The van der Waals surface area contributed by atoms with Crippen LogP contribution in [-0.4, -0.2) is 44.6 Å². The first kappa shape index (κ1) is 18.4. The molecule has 0 rings (SSSR count). The maximum Gasteiger partial charge on any atom is 0.332 e. The van der Waals surface area contributed by atoms with Crippen LogP contribution >= 0.6 is 0 Å². The standard InChI is InChI=1S/2C3H6O3.Pt/c2*1-2(4)3(5)6;/h2*2,4H,1H3,(H,5,6);. The number of aliphatic hydroxyl groups excluding tert-OH is 2. The van der Waals surface area contributed by atoms with E-state index >= 15 is 0 Å². The van der Waals surface area contributed by atoms with E-state index in [9.17, 15) is 9.59 Å². The largest absolute Gasteiger partial charge is 0.479 e. The molecule has 0 heterocycles. The van der Waals surface area contributed by atoms with E-state index in [1.165, 1.54) is 13.8 Å². The third kappa shape index (κ3) is 18.5. The van der Waals surface area contributed by atoms with Gasteiger partial charge in [-0.2, -0.15) is 0 Å². The van der Waals surface area contributed by atoms with Crippen LogP contribution < -0.4 is 0 Å². The minimum atomic E-state index is -1.23. The fourth-order valence-electron chi connectivity index (χ4n) is 0. The predicted molar refractivity (Wildman–Crippen MR) is 38.6 cm³/mol. The molecule has 13 heavy (non-hydrogen) atoms. The van der Waals surface area contributed by atoms with Crippen molar-refractivity contribution < 1.29 is 51.1 Å². The molecule has 0 saturated heterocycles. The van der Waals surface area contributed by atoms with Gasteiger partial charge in [0.15, 0.2) is 0 Å². The zero-order chi connectivity index (χ0) is 10.3. The topological polar surface area (TPSA) is 115 Å². The van der Waals surface area contributed by atoms with E-state index in [2.05, 4.69) is 0 Å². The zero-order valence-corrected chi connectivity index (χ0v) is 9.35. The van der Waals surface area contributed by atoms with Gasteiger partial charge in [0.2, 0.25) is 0 Å². The molecular weight excluding hydrogens is 363 g/mol. The quantitative estimate of drug-likeness (QED) is 0.487. The maximum atomic E-state index is 9.45. The number of carbonyl (C=O) groups is 2. The van der Waals surface area contributed by atoms with Crippen LogP contribution in [0.1, 0.15) is 13.8 Å². The molecule has 7 heteroatoms. The van der Waals surface area contributed by atoms with Crippen molar-refractivity contribution in [1.29, 1.82) is 0 Å². The molecule has 0 aliphatic rings. The molecule has 6 nitrogen and oxygen atoms in total. The van der Waals surface area contributed by atoms with Crippen LogP contribution in [0.2, 0.25) is 0 Å². The first-order chi connectivity index (χ1) is 5.29. The third-order valence-electron chi connectivity index (χ3n) is 0.715. The second kappa shape index (κ2) is 9.63. The van der Waals surface area contributed by atoms with Crippen molar-refractivity contribution in [2.75, 3.05) is 0 Å². The summed E-state index contributed by atoms with van der Waals surface area (Å²) in [6, 6.07) is 0. The summed E-state index contributed by atoms with van der Waals surface area (Å²) < 4.78 is 0. The van der Waals surface area contributed by atoms with Gasteiger partial charge in [0.05, 0.1) is 0 Å². The Morgan fingerprint density at radius 3 is 1.00 bits per heavy atom. The molecule has 0 aliphatic carbocycles. The summed E-state index contributed by atoms with van der Waals surface area (Å²) in [5.74, 6) is -2.37. The Bertz CT molecular complexity index is 137. The average molecular weight is 375 g/mol. The smallest absolute Gasteiger partial charge is 0.332 e.